The maximum absolute atomic E-state index is 5.52. The van der Waals surface area contributed by atoms with E-state index in [1.165, 1.54) is 0 Å². The lowest BCUT2D eigenvalue weighted by molar-refractivity contribution is 0.395. The Hall–Kier alpha value is -3.39. The molecule has 4 rings (SSSR count). The number of H-pyrrole nitrogens is 1. The molecule has 0 aliphatic heterocycles. The minimum atomic E-state index is 0.707. The summed E-state index contributed by atoms with van der Waals surface area (Å²) in [6.07, 6.45) is 2.79. The molecule has 0 unspecified atom stereocenters. The van der Waals surface area contributed by atoms with Crippen LogP contribution in [0.2, 0.25) is 0 Å². The molecule has 150 valence electrons. The molecule has 0 aliphatic rings. The van der Waals surface area contributed by atoms with Gasteiger partial charge in [0.1, 0.15) is 17.0 Å². The van der Waals surface area contributed by atoms with Gasteiger partial charge in [-0.2, -0.15) is 5.10 Å². The average Bonchev–Trinajstić information content (AvgIpc) is 3.40. The summed E-state index contributed by atoms with van der Waals surface area (Å²) in [6, 6.07) is 13.8. The van der Waals surface area contributed by atoms with Crippen molar-refractivity contribution in [3.63, 3.8) is 0 Å². The Morgan fingerprint density at radius 1 is 1.10 bits per heavy atom. The summed E-state index contributed by atoms with van der Waals surface area (Å²) in [5.74, 6) is 1.50. The number of benzene rings is 2. The van der Waals surface area contributed by atoms with E-state index >= 15 is 0 Å². The molecule has 4 aromatic rings. The van der Waals surface area contributed by atoms with E-state index in [4.69, 9.17) is 9.47 Å². The number of ether oxygens (including phenoxy) is 2. The lowest BCUT2D eigenvalue weighted by atomic mass is 10.1. The van der Waals surface area contributed by atoms with Gasteiger partial charge in [-0.15, -0.1) is 5.10 Å². The van der Waals surface area contributed by atoms with Crippen molar-refractivity contribution < 1.29 is 9.47 Å². The van der Waals surface area contributed by atoms with Gasteiger partial charge in [0, 0.05) is 30.3 Å². The molecular weight excluding hydrogens is 368 g/mol. The zero-order valence-electron chi connectivity index (χ0n) is 16.6. The molecule has 0 fully saturated rings. The van der Waals surface area contributed by atoms with Crippen LogP contribution in [0.3, 0.4) is 0 Å². The second-order valence-corrected chi connectivity index (χ2v) is 6.67. The monoisotopic (exact) mass is 392 g/mol. The fourth-order valence-corrected chi connectivity index (χ4v) is 3.34. The van der Waals surface area contributed by atoms with Crippen molar-refractivity contribution in [1.29, 1.82) is 0 Å². The fourth-order valence-electron chi connectivity index (χ4n) is 3.34. The first-order chi connectivity index (χ1) is 14.3. The van der Waals surface area contributed by atoms with Crippen LogP contribution in [0.4, 0.5) is 0 Å². The molecule has 0 bridgehead atoms. The van der Waals surface area contributed by atoms with Crippen LogP contribution in [0.25, 0.3) is 22.3 Å². The maximum atomic E-state index is 5.52. The van der Waals surface area contributed by atoms with E-state index in [1.807, 2.05) is 53.3 Å². The third-order valence-corrected chi connectivity index (χ3v) is 4.86. The minimum Gasteiger partial charge on any atom is -0.497 e. The first-order valence-corrected chi connectivity index (χ1v) is 9.53. The van der Waals surface area contributed by atoms with Gasteiger partial charge in [0.05, 0.1) is 31.6 Å². The Morgan fingerprint density at radius 2 is 2.00 bits per heavy atom. The number of hydrogen-bond donors (Lipinski definition) is 2. The van der Waals surface area contributed by atoms with E-state index in [1.54, 1.807) is 14.2 Å². The van der Waals surface area contributed by atoms with Crippen molar-refractivity contribution >= 4 is 11.0 Å². The van der Waals surface area contributed by atoms with E-state index in [0.29, 0.717) is 6.54 Å². The molecule has 0 amide bonds. The van der Waals surface area contributed by atoms with E-state index < -0.39 is 0 Å². The Balaban J connectivity index is 1.35. The molecule has 0 spiro atoms. The number of rotatable bonds is 9. The highest BCUT2D eigenvalue weighted by Crippen LogP contribution is 2.33. The van der Waals surface area contributed by atoms with Gasteiger partial charge in [-0.05, 0) is 37.2 Å². The number of aromatic nitrogens is 5. The Kier molecular flexibility index (Phi) is 5.71. The molecule has 2 heterocycles. The summed E-state index contributed by atoms with van der Waals surface area (Å²) >= 11 is 0. The number of fused-ring (bicyclic) bond motifs is 1. The van der Waals surface area contributed by atoms with Gasteiger partial charge in [-0.1, -0.05) is 17.3 Å². The van der Waals surface area contributed by atoms with Crippen LogP contribution < -0.4 is 14.8 Å². The number of aromatic amines is 1. The van der Waals surface area contributed by atoms with Crippen molar-refractivity contribution in [2.45, 2.75) is 19.5 Å². The average molecular weight is 392 g/mol. The number of methoxy groups -OCH3 is 2. The fraction of sp³-hybridized carbons (Fsp3) is 0.286. The highest BCUT2D eigenvalue weighted by molar-refractivity contribution is 5.73. The molecule has 2 aromatic heterocycles. The molecule has 0 saturated heterocycles. The minimum absolute atomic E-state index is 0.707. The number of aryl methyl sites for hydroxylation is 1. The predicted molar refractivity (Wildman–Crippen MR) is 111 cm³/mol. The van der Waals surface area contributed by atoms with Crippen molar-refractivity contribution in [2.24, 2.45) is 0 Å². The first kappa shape index (κ1) is 18.9. The Morgan fingerprint density at radius 3 is 2.86 bits per heavy atom. The highest BCUT2D eigenvalue weighted by Gasteiger charge is 2.13. The molecule has 2 N–H and O–H groups in total. The standard InChI is InChI=1S/C21H24N6O2/c1-28-16-8-9-17(20(12-16)29-2)21-15(14-23-25-21)13-22-10-5-11-27-19-7-4-3-6-18(19)24-26-27/h3-4,6-9,12,14,22H,5,10-11,13H2,1-2H3,(H,23,25). The normalized spacial score (nSPS) is 11.1. The second kappa shape index (κ2) is 8.74. The third-order valence-electron chi connectivity index (χ3n) is 4.86. The zero-order valence-corrected chi connectivity index (χ0v) is 16.6. The molecule has 2 aromatic carbocycles. The van der Waals surface area contributed by atoms with Crippen LogP contribution in [0.1, 0.15) is 12.0 Å². The Labute approximate surface area is 168 Å². The van der Waals surface area contributed by atoms with Crippen LogP contribution >= 0.6 is 0 Å². The van der Waals surface area contributed by atoms with Gasteiger partial charge in [0.2, 0.25) is 0 Å². The molecule has 8 heteroatoms. The van der Waals surface area contributed by atoms with Crippen molar-refractivity contribution in [2.75, 3.05) is 20.8 Å². The molecular formula is C21H24N6O2. The molecule has 8 nitrogen and oxygen atoms in total. The lowest BCUT2D eigenvalue weighted by Gasteiger charge is -2.11. The van der Waals surface area contributed by atoms with Gasteiger partial charge < -0.3 is 14.8 Å². The predicted octanol–water partition coefficient (Wildman–Crippen LogP) is 3.02. The van der Waals surface area contributed by atoms with Crippen molar-refractivity contribution in [3.05, 3.63) is 54.2 Å². The maximum Gasteiger partial charge on any atom is 0.131 e. The molecule has 0 saturated carbocycles. The van der Waals surface area contributed by atoms with Crippen molar-refractivity contribution in [3.8, 4) is 22.8 Å². The van der Waals surface area contributed by atoms with Gasteiger partial charge in [-0.25, -0.2) is 4.68 Å². The molecule has 0 aliphatic carbocycles. The summed E-state index contributed by atoms with van der Waals surface area (Å²) in [5, 5.41) is 19.2. The van der Waals surface area contributed by atoms with E-state index in [-0.39, 0.29) is 0 Å². The Bertz CT molecular complexity index is 1090. The highest BCUT2D eigenvalue weighted by atomic mass is 16.5. The van der Waals surface area contributed by atoms with Crippen LogP contribution in [-0.2, 0) is 13.1 Å². The molecule has 29 heavy (non-hydrogen) atoms. The first-order valence-electron chi connectivity index (χ1n) is 9.53. The van der Waals surface area contributed by atoms with Crippen LogP contribution in [0.5, 0.6) is 11.5 Å². The summed E-state index contributed by atoms with van der Waals surface area (Å²) in [6.45, 7) is 2.38. The summed E-state index contributed by atoms with van der Waals surface area (Å²) in [7, 11) is 3.29. The van der Waals surface area contributed by atoms with Gasteiger partial charge >= 0.3 is 0 Å². The largest absolute Gasteiger partial charge is 0.497 e. The lowest BCUT2D eigenvalue weighted by Crippen LogP contribution is -2.17. The van der Waals surface area contributed by atoms with Crippen LogP contribution in [0, 0.1) is 0 Å². The quantitative estimate of drug-likeness (QED) is 0.426. The van der Waals surface area contributed by atoms with Gasteiger partial charge in [-0.3, -0.25) is 5.10 Å². The third kappa shape index (κ3) is 4.07. The second-order valence-electron chi connectivity index (χ2n) is 6.67. The molecule has 0 atom stereocenters. The van der Waals surface area contributed by atoms with E-state index in [9.17, 15) is 0 Å². The number of para-hydroxylation sites is 1. The van der Waals surface area contributed by atoms with E-state index in [0.717, 1.165) is 58.9 Å². The van der Waals surface area contributed by atoms with Crippen LogP contribution in [0.15, 0.2) is 48.7 Å². The number of nitrogens with zero attached hydrogens (tertiary/aromatic N) is 4. The SMILES string of the molecule is COc1ccc(-c2[nH]ncc2CNCCCn2nnc3ccccc32)c(OC)c1. The van der Waals surface area contributed by atoms with Crippen molar-refractivity contribution in [1.82, 2.24) is 30.5 Å². The summed E-state index contributed by atoms with van der Waals surface area (Å²) in [4.78, 5) is 0. The molecule has 0 radical (unpaired) electrons. The van der Waals surface area contributed by atoms with Gasteiger partial charge in [0.15, 0.2) is 0 Å². The smallest absolute Gasteiger partial charge is 0.131 e. The number of hydrogen-bond acceptors (Lipinski definition) is 6. The zero-order chi connectivity index (χ0) is 20.1. The van der Waals surface area contributed by atoms with Gasteiger partial charge in [0.25, 0.3) is 0 Å². The van der Waals surface area contributed by atoms with E-state index in [2.05, 4.69) is 25.8 Å². The van der Waals surface area contributed by atoms with Crippen LogP contribution in [-0.4, -0.2) is 46.0 Å². The summed E-state index contributed by atoms with van der Waals surface area (Å²) < 4.78 is 12.7. The topological polar surface area (TPSA) is 89.9 Å². The number of nitrogens with one attached hydrogen (secondary N) is 2. The summed E-state index contributed by atoms with van der Waals surface area (Å²) in [5.41, 5.74) is 4.98.